The van der Waals surface area contributed by atoms with Crippen molar-refractivity contribution in [2.75, 3.05) is 53.5 Å². The van der Waals surface area contributed by atoms with Crippen LogP contribution in [0.1, 0.15) is 11.1 Å². The first-order valence-corrected chi connectivity index (χ1v) is 10.6. The highest BCUT2D eigenvalue weighted by atomic mass is 16.5. The zero-order chi connectivity index (χ0) is 25.9. The van der Waals surface area contributed by atoms with Crippen molar-refractivity contribution < 1.29 is 28.4 Å². The van der Waals surface area contributed by atoms with E-state index in [0.29, 0.717) is 46.1 Å². The van der Waals surface area contributed by atoms with Gasteiger partial charge in [0.1, 0.15) is 0 Å². The molecule has 0 aliphatic heterocycles. The molecule has 2 aromatic carbocycles. The van der Waals surface area contributed by atoms with Crippen LogP contribution in [0.3, 0.4) is 0 Å². The van der Waals surface area contributed by atoms with Crippen LogP contribution in [0.5, 0.6) is 34.5 Å². The molecule has 36 heavy (non-hydrogen) atoms. The minimum Gasteiger partial charge on any atom is -0.493 e. The van der Waals surface area contributed by atoms with Gasteiger partial charge in [0, 0.05) is 11.1 Å². The molecule has 3 rings (SSSR count). The van der Waals surface area contributed by atoms with Gasteiger partial charge in [-0.3, -0.25) is 10.9 Å². The molecular weight excluding hydrogens is 468 g/mol. The van der Waals surface area contributed by atoms with Crippen LogP contribution in [0.4, 0.5) is 11.6 Å². The number of benzene rings is 2. The van der Waals surface area contributed by atoms with E-state index in [9.17, 15) is 0 Å². The summed E-state index contributed by atoms with van der Waals surface area (Å²) in [5.74, 6) is 4.01. The molecule has 0 bridgehead atoms. The second-order valence-corrected chi connectivity index (χ2v) is 6.96. The Balaban J connectivity index is 1.62. The highest BCUT2D eigenvalue weighted by Crippen LogP contribution is 2.38. The number of aromatic nitrogens is 2. The zero-order valence-corrected chi connectivity index (χ0v) is 20.9. The van der Waals surface area contributed by atoms with Crippen molar-refractivity contribution in [2.45, 2.75) is 0 Å². The molecule has 2 N–H and O–H groups in total. The standard InChI is InChI=1S/C24H28N6O6/c1-31-17-9-15(10-18(32-2)23(17)35-5)13-25-27-21-7-8-22(30-29-21)28-26-14-16-11-19(33-3)24(36-6)20(12-16)34-4/h7-14H,1-6H3,(H,27,29)(H,28,30)/b25-13-,26-14-. The lowest BCUT2D eigenvalue weighted by Gasteiger charge is -2.12. The Bertz CT molecular complexity index is 1070. The molecule has 12 heteroatoms. The van der Waals surface area contributed by atoms with Crippen molar-refractivity contribution in [3.8, 4) is 34.5 Å². The maximum atomic E-state index is 5.35. The van der Waals surface area contributed by atoms with Crippen LogP contribution < -0.4 is 39.3 Å². The van der Waals surface area contributed by atoms with Gasteiger partial charge in [-0.2, -0.15) is 10.2 Å². The van der Waals surface area contributed by atoms with E-state index in [1.165, 1.54) is 0 Å². The summed E-state index contributed by atoms with van der Waals surface area (Å²) in [6, 6.07) is 10.5. The molecule has 0 spiro atoms. The molecule has 190 valence electrons. The van der Waals surface area contributed by atoms with Gasteiger partial charge in [-0.1, -0.05) is 0 Å². The molecule has 0 fully saturated rings. The third kappa shape index (κ3) is 6.23. The normalized spacial score (nSPS) is 10.8. The lowest BCUT2D eigenvalue weighted by atomic mass is 10.2. The minimum atomic E-state index is 0.442. The first-order valence-electron chi connectivity index (χ1n) is 10.6. The van der Waals surface area contributed by atoms with Crippen LogP contribution in [-0.4, -0.2) is 65.3 Å². The Kier molecular flexibility index (Phi) is 9.09. The second-order valence-electron chi connectivity index (χ2n) is 6.96. The van der Waals surface area contributed by atoms with Crippen molar-refractivity contribution in [2.24, 2.45) is 10.2 Å². The fraction of sp³-hybridized carbons (Fsp3) is 0.250. The van der Waals surface area contributed by atoms with Gasteiger partial charge in [-0.05, 0) is 36.4 Å². The quantitative estimate of drug-likeness (QED) is 0.284. The van der Waals surface area contributed by atoms with E-state index in [-0.39, 0.29) is 0 Å². The topological polar surface area (TPSA) is 130 Å². The average molecular weight is 497 g/mol. The van der Waals surface area contributed by atoms with Crippen molar-refractivity contribution >= 4 is 24.1 Å². The Morgan fingerprint density at radius 2 is 0.889 bits per heavy atom. The molecule has 0 saturated carbocycles. The van der Waals surface area contributed by atoms with Gasteiger partial charge in [0.2, 0.25) is 11.5 Å². The van der Waals surface area contributed by atoms with E-state index >= 15 is 0 Å². The van der Waals surface area contributed by atoms with E-state index < -0.39 is 0 Å². The lowest BCUT2D eigenvalue weighted by molar-refractivity contribution is 0.324. The highest BCUT2D eigenvalue weighted by Gasteiger charge is 2.13. The number of anilines is 2. The Labute approximate surface area is 208 Å². The summed E-state index contributed by atoms with van der Waals surface area (Å²) >= 11 is 0. The number of nitrogens with zero attached hydrogens (tertiary/aromatic N) is 4. The summed E-state index contributed by atoms with van der Waals surface area (Å²) in [6.07, 6.45) is 3.19. The van der Waals surface area contributed by atoms with E-state index in [2.05, 4.69) is 31.3 Å². The number of hydrogen-bond acceptors (Lipinski definition) is 12. The van der Waals surface area contributed by atoms with Gasteiger partial charge in [0.25, 0.3) is 0 Å². The van der Waals surface area contributed by atoms with E-state index in [1.54, 1.807) is 91.5 Å². The van der Waals surface area contributed by atoms with Crippen LogP contribution in [0, 0.1) is 0 Å². The number of hydrazone groups is 2. The van der Waals surface area contributed by atoms with Gasteiger partial charge in [-0.25, -0.2) is 0 Å². The molecule has 1 heterocycles. The third-order valence-electron chi connectivity index (χ3n) is 4.82. The van der Waals surface area contributed by atoms with Gasteiger partial charge in [0.15, 0.2) is 34.6 Å². The van der Waals surface area contributed by atoms with Crippen molar-refractivity contribution in [3.05, 3.63) is 47.5 Å². The fourth-order valence-corrected chi connectivity index (χ4v) is 3.15. The summed E-state index contributed by atoms with van der Waals surface area (Å²) in [4.78, 5) is 0. The molecule has 0 saturated heterocycles. The number of ether oxygens (including phenoxy) is 6. The predicted octanol–water partition coefficient (Wildman–Crippen LogP) is 3.42. The molecule has 0 amide bonds. The van der Waals surface area contributed by atoms with Crippen molar-refractivity contribution in [1.82, 2.24) is 10.2 Å². The maximum Gasteiger partial charge on any atom is 0.203 e. The number of rotatable bonds is 12. The Morgan fingerprint density at radius 3 is 1.14 bits per heavy atom. The number of hydrogen-bond donors (Lipinski definition) is 2. The van der Waals surface area contributed by atoms with Gasteiger partial charge >= 0.3 is 0 Å². The molecule has 12 nitrogen and oxygen atoms in total. The highest BCUT2D eigenvalue weighted by molar-refractivity contribution is 5.83. The molecule has 3 aromatic rings. The number of methoxy groups -OCH3 is 6. The third-order valence-corrected chi connectivity index (χ3v) is 4.82. The van der Waals surface area contributed by atoms with Gasteiger partial charge in [-0.15, -0.1) is 10.2 Å². The monoisotopic (exact) mass is 496 g/mol. The van der Waals surface area contributed by atoms with Crippen molar-refractivity contribution in [1.29, 1.82) is 0 Å². The molecule has 0 unspecified atom stereocenters. The van der Waals surface area contributed by atoms with Crippen LogP contribution >= 0.6 is 0 Å². The van der Waals surface area contributed by atoms with Gasteiger partial charge in [0.05, 0.1) is 55.1 Å². The first-order chi connectivity index (χ1) is 17.6. The molecule has 1 aromatic heterocycles. The van der Waals surface area contributed by atoms with E-state index in [0.717, 1.165) is 11.1 Å². The molecule has 0 atom stereocenters. The SMILES string of the molecule is COc1cc(/C=N\Nc2ccc(N/N=C\c3cc(OC)c(OC)c(OC)c3)nn2)cc(OC)c1OC. The zero-order valence-electron chi connectivity index (χ0n) is 20.9. The summed E-state index contributed by atoms with van der Waals surface area (Å²) in [5.41, 5.74) is 7.12. The van der Waals surface area contributed by atoms with Crippen molar-refractivity contribution in [3.63, 3.8) is 0 Å². The largest absolute Gasteiger partial charge is 0.493 e. The van der Waals surface area contributed by atoms with Crippen LogP contribution in [0.2, 0.25) is 0 Å². The van der Waals surface area contributed by atoms with Gasteiger partial charge < -0.3 is 28.4 Å². The molecule has 0 aliphatic rings. The Hall–Kier alpha value is -4.74. The van der Waals surface area contributed by atoms with Crippen LogP contribution in [0.25, 0.3) is 0 Å². The summed E-state index contributed by atoms with van der Waals surface area (Å²) in [5, 5.41) is 16.5. The van der Waals surface area contributed by atoms with Crippen LogP contribution in [0.15, 0.2) is 46.6 Å². The smallest absolute Gasteiger partial charge is 0.203 e. The Morgan fingerprint density at radius 1 is 0.556 bits per heavy atom. The summed E-state index contributed by atoms with van der Waals surface area (Å²) in [6.45, 7) is 0. The molecule has 0 aliphatic carbocycles. The maximum absolute atomic E-state index is 5.35. The van der Waals surface area contributed by atoms with E-state index in [1.807, 2.05) is 0 Å². The number of nitrogens with one attached hydrogen (secondary N) is 2. The first kappa shape index (κ1) is 25.9. The average Bonchev–Trinajstić information content (AvgIpc) is 2.92. The van der Waals surface area contributed by atoms with E-state index in [4.69, 9.17) is 28.4 Å². The van der Waals surface area contributed by atoms with Crippen LogP contribution in [-0.2, 0) is 0 Å². The predicted molar refractivity (Wildman–Crippen MR) is 137 cm³/mol. The lowest BCUT2D eigenvalue weighted by Crippen LogP contribution is -2.00. The summed E-state index contributed by atoms with van der Waals surface area (Å²) in [7, 11) is 9.30. The minimum absolute atomic E-state index is 0.442. The molecular formula is C24H28N6O6. The summed E-state index contributed by atoms with van der Waals surface area (Å²) < 4.78 is 32.0. The molecule has 0 radical (unpaired) electrons. The fourth-order valence-electron chi connectivity index (χ4n) is 3.15. The second kappa shape index (κ2) is 12.6.